The van der Waals surface area contributed by atoms with Crippen molar-refractivity contribution in [3.05, 3.63) is 41.1 Å². The average Bonchev–Trinajstić information content (AvgIpc) is 3.09. The Bertz CT molecular complexity index is 835. The summed E-state index contributed by atoms with van der Waals surface area (Å²) in [5.41, 5.74) is 2.40. The van der Waals surface area contributed by atoms with Crippen molar-refractivity contribution in [3.63, 3.8) is 0 Å². The number of carbonyl (C=O) groups excluding carboxylic acids is 2. The van der Waals surface area contributed by atoms with Crippen LogP contribution in [-0.2, 0) is 4.79 Å². The van der Waals surface area contributed by atoms with E-state index in [1.165, 1.54) is 19.3 Å². The summed E-state index contributed by atoms with van der Waals surface area (Å²) in [4.78, 5) is 31.8. The fourth-order valence-corrected chi connectivity index (χ4v) is 4.80. The Labute approximate surface area is 178 Å². The molecule has 7 heteroatoms. The molecule has 1 fully saturated rings. The second kappa shape index (κ2) is 8.68. The van der Waals surface area contributed by atoms with Crippen molar-refractivity contribution in [3.8, 4) is 5.75 Å². The van der Waals surface area contributed by atoms with Crippen LogP contribution in [0, 0.1) is 0 Å². The molecular formula is C23H32N4O3. The van der Waals surface area contributed by atoms with E-state index in [1.54, 1.807) is 19.1 Å². The number of nitrogens with one attached hydrogen (secondary N) is 1. The van der Waals surface area contributed by atoms with Gasteiger partial charge in [0.25, 0.3) is 5.91 Å². The smallest absolute Gasteiger partial charge is 0.322 e. The van der Waals surface area contributed by atoms with E-state index < -0.39 is 6.04 Å². The number of methoxy groups -OCH3 is 1. The van der Waals surface area contributed by atoms with Gasteiger partial charge in [-0.2, -0.15) is 0 Å². The van der Waals surface area contributed by atoms with Crippen LogP contribution >= 0.6 is 0 Å². The Hall–Kier alpha value is -2.54. The van der Waals surface area contributed by atoms with Crippen LogP contribution in [-0.4, -0.2) is 73.0 Å². The number of amides is 3. The molecule has 0 aliphatic carbocycles. The van der Waals surface area contributed by atoms with Crippen molar-refractivity contribution in [1.29, 1.82) is 0 Å². The van der Waals surface area contributed by atoms with E-state index in [9.17, 15) is 9.59 Å². The highest BCUT2D eigenvalue weighted by atomic mass is 16.5. The topological polar surface area (TPSA) is 65.1 Å². The molecule has 3 amide bonds. The Kier molecular flexibility index (Phi) is 5.99. The van der Waals surface area contributed by atoms with Gasteiger partial charge in [0.15, 0.2) is 0 Å². The first-order valence-electron chi connectivity index (χ1n) is 10.9. The van der Waals surface area contributed by atoms with Crippen LogP contribution in [0.5, 0.6) is 5.75 Å². The quantitative estimate of drug-likeness (QED) is 0.780. The molecule has 2 atom stereocenters. The first-order valence-corrected chi connectivity index (χ1v) is 10.9. The lowest BCUT2D eigenvalue weighted by molar-refractivity contribution is -0.125. The summed E-state index contributed by atoms with van der Waals surface area (Å²) in [6.07, 6.45) is 4.81. The van der Waals surface area contributed by atoms with Gasteiger partial charge in [-0.05, 0) is 50.4 Å². The molecule has 2 unspecified atom stereocenters. The lowest BCUT2D eigenvalue weighted by atomic mass is 9.95. The predicted molar refractivity (Wildman–Crippen MR) is 115 cm³/mol. The molecule has 0 radical (unpaired) electrons. The maximum atomic E-state index is 13.3. The zero-order chi connectivity index (χ0) is 21.3. The zero-order valence-electron chi connectivity index (χ0n) is 18.2. The summed E-state index contributed by atoms with van der Waals surface area (Å²) in [6.45, 7) is 5.69. The minimum atomic E-state index is -0.422. The lowest BCUT2D eigenvalue weighted by Gasteiger charge is -2.33. The van der Waals surface area contributed by atoms with Crippen LogP contribution in [0.1, 0.15) is 44.2 Å². The molecule has 4 rings (SSSR count). The lowest BCUT2D eigenvalue weighted by Crippen LogP contribution is -2.45. The third-order valence-electron chi connectivity index (χ3n) is 6.70. The van der Waals surface area contributed by atoms with Gasteiger partial charge in [0.1, 0.15) is 5.75 Å². The number of hydrogen-bond acceptors (Lipinski definition) is 4. The minimum Gasteiger partial charge on any atom is -0.497 e. The van der Waals surface area contributed by atoms with Crippen molar-refractivity contribution in [2.75, 3.05) is 40.3 Å². The molecule has 7 nitrogen and oxygen atoms in total. The maximum Gasteiger partial charge on any atom is 0.322 e. The van der Waals surface area contributed by atoms with E-state index in [4.69, 9.17) is 4.74 Å². The van der Waals surface area contributed by atoms with E-state index in [0.717, 1.165) is 36.5 Å². The van der Waals surface area contributed by atoms with Gasteiger partial charge in [0.2, 0.25) is 0 Å². The number of urea groups is 1. The number of likely N-dealkylation sites (tertiary alicyclic amines) is 1. The molecular weight excluding hydrogens is 380 g/mol. The number of ether oxygens (including phenoxy) is 1. The Morgan fingerprint density at radius 2 is 1.90 bits per heavy atom. The van der Waals surface area contributed by atoms with Crippen molar-refractivity contribution in [2.24, 2.45) is 0 Å². The van der Waals surface area contributed by atoms with Gasteiger partial charge in [-0.15, -0.1) is 0 Å². The highest BCUT2D eigenvalue weighted by Crippen LogP contribution is 2.36. The molecule has 30 heavy (non-hydrogen) atoms. The highest BCUT2D eigenvalue weighted by Gasteiger charge is 2.42. The highest BCUT2D eigenvalue weighted by molar-refractivity contribution is 6.01. The number of nitrogens with zero attached hydrogens (tertiary/aromatic N) is 3. The fourth-order valence-electron chi connectivity index (χ4n) is 4.80. The number of carbonyl (C=O) groups is 2. The van der Waals surface area contributed by atoms with Crippen LogP contribution in [0.25, 0.3) is 0 Å². The maximum absolute atomic E-state index is 13.3. The van der Waals surface area contributed by atoms with Gasteiger partial charge in [0.05, 0.1) is 31.0 Å². The number of rotatable bonds is 6. The summed E-state index contributed by atoms with van der Waals surface area (Å²) in [7, 11) is 3.36. The largest absolute Gasteiger partial charge is 0.497 e. The summed E-state index contributed by atoms with van der Waals surface area (Å²) in [6, 6.07) is 7.57. The van der Waals surface area contributed by atoms with Crippen LogP contribution in [0.3, 0.4) is 0 Å². The van der Waals surface area contributed by atoms with E-state index in [1.807, 2.05) is 29.2 Å². The minimum absolute atomic E-state index is 0.0318. The number of piperidine rings is 1. The first kappa shape index (κ1) is 20.7. The van der Waals surface area contributed by atoms with Crippen LogP contribution in [0.4, 0.5) is 4.79 Å². The van der Waals surface area contributed by atoms with E-state index in [2.05, 4.69) is 17.1 Å². The summed E-state index contributed by atoms with van der Waals surface area (Å²) in [5, 5.41) is 2.99. The summed E-state index contributed by atoms with van der Waals surface area (Å²) in [5.74, 6) is 0.780. The third-order valence-corrected chi connectivity index (χ3v) is 6.70. The second-order valence-electron chi connectivity index (χ2n) is 8.54. The molecule has 162 valence electrons. The molecule has 0 spiro atoms. The number of hydrogen-bond donors (Lipinski definition) is 1. The molecule has 0 bridgehead atoms. The van der Waals surface area contributed by atoms with E-state index in [0.29, 0.717) is 24.7 Å². The van der Waals surface area contributed by atoms with Gasteiger partial charge in [-0.1, -0.05) is 18.6 Å². The molecule has 0 saturated carbocycles. The van der Waals surface area contributed by atoms with Crippen LogP contribution < -0.4 is 10.1 Å². The molecule has 3 aliphatic rings. The number of likely N-dealkylation sites (N-methyl/N-ethyl adjacent to an activating group) is 1. The first-order chi connectivity index (χ1) is 14.5. The van der Waals surface area contributed by atoms with Gasteiger partial charge < -0.3 is 19.9 Å². The molecule has 3 aliphatic heterocycles. The Morgan fingerprint density at radius 1 is 1.13 bits per heavy atom. The van der Waals surface area contributed by atoms with Gasteiger partial charge in [0, 0.05) is 26.2 Å². The predicted octanol–water partition coefficient (Wildman–Crippen LogP) is 2.75. The van der Waals surface area contributed by atoms with Crippen molar-refractivity contribution in [2.45, 2.75) is 44.7 Å². The van der Waals surface area contributed by atoms with Gasteiger partial charge >= 0.3 is 6.03 Å². The number of benzene rings is 1. The van der Waals surface area contributed by atoms with Crippen LogP contribution in [0.15, 0.2) is 35.5 Å². The zero-order valence-corrected chi connectivity index (χ0v) is 18.2. The Balaban J connectivity index is 1.46. The molecule has 1 aromatic rings. The average molecular weight is 413 g/mol. The van der Waals surface area contributed by atoms with Crippen molar-refractivity contribution < 1.29 is 14.3 Å². The van der Waals surface area contributed by atoms with Gasteiger partial charge in [-0.3, -0.25) is 9.69 Å². The van der Waals surface area contributed by atoms with Crippen molar-refractivity contribution >= 4 is 11.9 Å². The molecule has 3 heterocycles. The van der Waals surface area contributed by atoms with E-state index >= 15 is 0 Å². The molecule has 1 aromatic carbocycles. The van der Waals surface area contributed by atoms with E-state index in [-0.39, 0.29) is 11.9 Å². The fraction of sp³-hybridized carbons (Fsp3) is 0.565. The second-order valence-corrected chi connectivity index (χ2v) is 8.54. The Morgan fingerprint density at radius 3 is 2.60 bits per heavy atom. The van der Waals surface area contributed by atoms with Crippen LogP contribution in [0.2, 0.25) is 0 Å². The summed E-state index contributed by atoms with van der Waals surface area (Å²) >= 11 is 0. The molecule has 1 N–H and O–H groups in total. The SMILES string of the molecule is COc1ccc(C2NC(=O)N(C)C3=C2C(=O)N(CCCN2CCCCC2C)C3)cc1. The van der Waals surface area contributed by atoms with Crippen molar-refractivity contribution in [1.82, 2.24) is 20.0 Å². The van der Waals surface area contributed by atoms with Gasteiger partial charge in [-0.25, -0.2) is 4.79 Å². The standard InChI is InChI=1S/C23H32N4O3/c1-16-7-4-5-12-26(16)13-6-14-27-15-19-20(22(27)28)21(24-23(29)25(19)2)17-8-10-18(30-3)11-9-17/h8-11,16,21H,4-7,12-15H2,1-3H3,(H,24,29). The molecule has 1 saturated heterocycles. The summed E-state index contributed by atoms with van der Waals surface area (Å²) < 4.78 is 5.23. The molecule has 0 aromatic heterocycles. The monoisotopic (exact) mass is 412 g/mol. The third kappa shape index (κ3) is 3.90. The normalized spacial score (nSPS) is 24.9.